The maximum absolute atomic E-state index is 13.1. The number of aromatic nitrogens is 3. The number of benzene rings is 1. The van der Waals surface area contributed by atoms with E-state index in [0.717, 1.165) is 11.0 Å². The predicted molar refractivity (Wildman–Crippen MR) is 114 cm³/mol. The lowest BCUT2D eigenvalue weighted by molar-refractivity contribution is 0.0746. The smallest absolute Gasteiger partial charge is 0.294 e. The van der Waals surface area contributed by atoms with E-state index >= 15 is 0 Å². The zero-order valence-electron chi connectivity index (χ0n) is 16.4. The number of fused-ring (bicyclic) bond motifs is 1. The van der Waals surface area contributed by atoms with E-state index in [1.807, 2.05) is 24.8 Å². The third kappa shape index (κ3) is 3.58. The first-order valence-corrected chi connectivity index (χ1v) is 10.00. The van der Waals surface area contributed by atoms with E-state index in [0.29, 0.717) is 42.6 Å². The molecule has 8 heteroatoms. The van der Waals surface area contributed by atoms with Crippen molar-refractivity contribution in [2.45, 2.75) is 19.9 Å². The molecule has 29 heavy (non-hydrogen) atoms. The second-order valence-corrected chi connectivity index (χ2v) is 7.73. The quantitative estimate of drug-likeness (QED) is 0.662. The van der Waals surface area contributed by atoms with Gasteiger partial charge in [0.25, 0.3) is 11.5 Å². The number of carbonyl (C=O) groups excluding carboxylic acids is 1. The van der Waals surface area contributed by atoms with Crippen molar-refractivity contribution in [1.29, 1.82) is 0 Å². The summed E-state index contributed by atoms with van der Waals surface area (Å²) < 4.78 is 1.73. The molecule has 0 bridgehead atoms. The molecule has 1 aromatic carbocycles. The Morgan fingerprint density at radius 3 is 2.52 bits per heavy atom. The van der Waals surface area contributed by atoms with Crippen LogP contribution in [0, 0.1) is 0 Å². The fraction of sp³-hybridized carbons (Fsp3) is 0.333. The van der Waals surface area contributed by atoms with E-state index in [4.69, 9.17) is 11.6 Å². The fourth-order valence-electron chi connectivity index (χ4n) is 3.68. The molecule has 1 aliphatic rings. The monoisotopic (exact) mass is 411 g/mol. The van der Waals surface area contributed by atoms with Crippen molar-refractivity contribution in [1.82, 2.24) is 19.4 Å². The second-order valence-electron chi connectivity index (χ2n) is 7.33. The number of piperazine rings is 1. The van der Waals surface area contributed by atoms with Crippen LogP contribution in [0.15, 0.2) is 47.5 Å². The van der Waals surface area contributed by atoms with E-state index in [-0.39, 0.29) is 17.5 Å². The Morgan fingerprint density at radius 2 is 1.83 bits per heavy atom. The minimum atomic E-state index is -0.133. The highest BCUT2D eigenvalue weighted by molar-refractivity contribution is 6.33. The molecule has 0 spiro atoms. The van der Waals surface area contributed by atoms with Gasteiger partial charge in [0.15, 0.2) is 5.82 Å². The van der Waals surface area contributed by atoms with Gasteiger partial charge in [0.05, 0.1) is 27.8 Å². The van der Waals surface area contributed by atoms with Crippen LogP contribution in [0.25, 0.3) is 11.0 Å². The number of hydrogen-bond acceptors (Lipinski definition) is 5. The van der Waals surface area contributed by atoms with Crippen molar-refractivity contribution in [3.05, 3.63) is 63.7 Å². The summed E-state index contributed by atoms with van der Waals surface area (Å²) in [6.45, 7) is 6.01. The van der Waals surface area contributed by atoms with Crippen LogP contribution >= 0.6 is 11.6 Å². The first kappa shape index (κ1) is 19.4. The normalized spacial score (nSPS) is 14.6. The Labute approximate surface area is 173 Å². The number of nitrogens with zero attached hydrogens (tertiary/aromatic N) is 5. The Morgan fingerprint density at radius 1 is 1.10 bits per heavy atom. The molecule has 0 unspecified atom stereocenters. The molecule has 0 N–H and O–H groups in total. The van der Waals surface area contributed by atoms with Crippen LogP contribution in [0.4, 0.5) is 5.82 Å². The number of halogens is 1. The van der Waals surface area contributed by atoms with Crippen LogP contribution in [-0.4, -0.2) is 51.5 Å². The average molecular weight is 412 g/mol. The topological polar surface area (TPSA) is 71.3 Å². The zero-order chi connectivity index (χ0) is 20.5. The van der Waals surface area contributed by atoms with Gasteiger partial charge < -0.3 is 9.80 Å². The Bertz CT molecular complexity index is 1120. The molecule has 0 aliphatic carbocycles. The van der Waals surface area contributed by atoms with Crippen LogP contribution in [0.3, 0.4) is 0 Å². The van der Waals surface area contributed by atoms with Crippen LogP contribution in [0.2, 0.25) is 5.02 Å². The maximum atomic E-state index is 13.1. The Hall–Kier alpha value is -2.93. The first-order chi connectivity index (χ1) is 14.0. The van der Waals surface area contributed by atoms with Gasteiger partial charge in [0, 0.05) is 38.4 Å². The van der Waals surface area contributed by atoms with Crippen molar-refractivity contribution < 1.29 is 4.79 Å². The number of rotatable bonds is 3. The number of pyridine rings is 1. The molecule has 1 amide bonds. The lowest BCUT2D eigenvalue weighted by atomic mass is 10.2. The molecule has 0 radical (unpaired) electrons. The molecule has 150 valence electrons. The van der Waals surface area contributed by atoms with Crippen LogP contribution in [0.5, 0.6) is 0 Å². The van der Waals surface area contributed by atoms with E-state index < -0.39 is 0 Å². The van der Waals surface area contributed by atoms with Gasteiger partial charge in [-0.15, -0.1) is 0 Å². The lowest BCUT2D eigenvalue weighted by Crippen LogP contribution is -2.50. The van der Waals surface area contributed by atoms with Gasteiger partial charge in [-0.1, -0.05) is 23.7 Å². The molecule has 3 heterocycles. The van der Waals surface area contributed by atoms with Crippen molar-refractivity contribution in [2.24, 2.45) is 0 Å². The molecule has 2 aromatic heterocycles. The highest BCUT2D eigenvalue weighted by atomic mass is 35.5. The van der Waals surface area contributed by atoms with E-state index in [2.05, 4.69) is 9.97 Å². The molecule has 0 saturated carbocycles. The van der Waals surface area contributed by atoms with Crippen LogP contribution < -0.4 is 10.5 Å². The first-order valence-electron chi connectivity index (χ1n) is 9.62. The average Bonchev–Trinajstić information content (AvgIpc) is 2.73. The Kier molecular flexibility index (Phi) is 5.24. The summed E-state index contributed by atoms with van der Waals surface area (Å²) in [5.74, 6) is 0.328. The van der Waals surface area contributed by atoms with Gasteiger partial charge in [-0.05, 0) is 32.0 Å². The van der Waals surface area contributed by atoms with Gasteiger partial charge in [0.1, 0.15) is 0 Å². The minimum absolute atomic E-state index is 0.0148. The number of anilines is 1. The van der Waals surface area contributed by atoms with Crippen molar-refractivity contribution >= 4 is 34.4 Å². The lowest BCUT2D eigenvalue weighted by Gasteiger charge is -2.35. The summed E-state index contributed by atoms with van der Waals surface area (Å²) >= 11 is 6.17. The highest BCUT2D eigenvalue weighted by Gasteiger charge is 2.26. The molecule has 1 aliphatic heterocycles. The van der Waals surface area contributed by atoms with Crippen molar-refractivity contribution in [3.63, 3.8) is 0 Å². The third-order valence-electron chi connectivity index (χ3n) is 5.16. The third-order valence-corrected chi connectivity index (χ3v) is 5.49. The summed E-state index contributed by atoms with van der Waals surface area (Å²) in [5.41, 5.74) is 1.83. The fourth-order valence-corrected chi connectivity index (χ4v) is 3.90. The Balaban J connectivity index is 1.60. The molecular weight excluding hydrogens is 390 g/mol. The molecule has 3 aromatic rings. The van der Waals surface area contributed by atoms with E-state index in [1.165, 1.54) is 0 Å². The second kappa shape index (κ2) is 7.83. The summed E-state index contributed by atoms with van der Waals surface area (Å²) in [4.78, 5) is 38.4. The standard InChI is InChI=1S/C21H22ClN5O2/c1-14(2)27-18-13-23-8-7-17(18)24-19(21(27)29)25-9-11-26(12-10-25)20(28)15-5-3-4-6-16(15)22/h3-8,13-14H,9-12H2,1-2H3. The summed E-state index contributed by atoms with van der Waals surface area (Å²) in [6.07, 6.45) is 3.35. The SMILES string of the molecule is CC(C)n1c(=O)c(N2CCN(C(=O)c3ccccc3Cl)CC2)nc2ccncc21. The largest absolute Gasteiger partial charge is 0.348 e. The van der Waals surface area contributed by atoms with Crippen molar-refractivity contribution in [2.75, 3.05) is 31.1 Å². The van der Waals surface area contributed by atoms with Gasteiger partial charge in [0.2, 0.25) is 0 Å². The number of amides is 1. The van der Waals surface area contributed by atoms with Crippen molar-refractivity contribution in [3.8, 4) is 0 Å². The maximum Gasteiger partial charge on any atom is 0.294 e. The number of hydrogen-bond donors (Lipinski definition) is 0. The van der Waals surface area contributed by atoms with Crippen LogP contribution in [0.1, 0.15) is 30.2 Å². The molecule has 1 fully saturated rings. The summed E-state index contributed by atoms with van der Waals surface area (Å²) in [5, 5.41) is 0.449. The zero-order valence-corrected chi connectivity index (χ0v) is 17.1. The molecule has 4 rings (SSSR count). The highest BCUT2D eigenvalue weighted by Crippen LogP contribution is 2.21. The molecule has 0 atom stereocenters. The van der Waals surface area contributed by atoms with E-state index in [9.17, 15) is 9.59 Å². The predicted octanol–water partition coefficient (Wildman–Crippen LogP) is 2.99. The molecule has 7 nitrogen and oxygen atoms in total. The van der Waals surface area contributed by atoms with Gasteiger partial charge in [-0.2, -0.15) is 0 Å². The minimum Gasteiger partial charge on any atom is -0.348 e. The summed E-state index contributed by atoms with van der Waals surface area (Å²) in [6, 6.07) is 8.85. The van der Waals surface area contributed by atoms with Gasteiger partial charge in [-0.25, -0.2) is 4.98 Å². The summed E-state index contributed by atoms with van der Waals surface area (Å²) in [7, 11) is 0. The van der Waals surface area contributed by atoms with Crippen LogP contribution in [-0.2, 0) is 0 Å². The van der Waals surface area contributed by atoms with Gasteiger partial charge in [-0.3, -0.25) is 19.1 Å². The molecule has 1 saturated heterocycles. The number of carbonyl (C=O) groups is 1. The van der Waals surface area contributed by atoms with Gasteiger partial charge >= 0.3 is 0 Å². The molecular formula is C21H22ClN5O2. The van der Waals surface area contributed by atoms with E-state index in [1.54, 1.807) is 46.1 Å².